The van der Waals surface area contributed by atoms with Gasteiger partial charge in [-0.2, -0.15) is 0 Å². The number of nitrogens with zero attached hydrogens (tertiary/aromatic N) is 5. The number of carbonyl (C=O) groups is 1. The van der Waals surface area contributed by atoms with Gasteiger partial charge in [-0.05, 0) is 40.7 Å². The number of piperazine rings is 1. The molecular weight excluding hydrogens is 431 g/mol. The third-order valence-electron chi connectivity index (χ3n) is 4.11. The lowest BCUT2D eigenvalue weighted by molar-refractivity contribution is -0.145. The number of halogens is 1. The van der Waals surface area contributed by atoms with Gasteiger partial charge in [0.05, 0.1) is 24.3 Å². The lowest BCUT2D eigenvalue weighted by atomic mass is 9.96. The number of amides is 1. The normalized spacial score (nSPS) is 17.6. The van der Waals surface area contributed by atoms with Crippen molar-refractivity contribution in [2.45, 2.75) is 52.7 Å². The number of aliphatic imine (C=N–C) groups is 1. The summed E-state index contributed by atoms with van der Waals surface area (Å²) in [5.41, 5.74) is 0.655. The van der Waals surface area contributed by atoms with Crippen LogP contribution in [0.2, 0.25) is 0 Å². The number of aryl methyl sites for hydroxylation is 1. The van der Waals surface area contributed by atoms with Crippen molar-refractivity contribution in [2.75, 3.05) is 20.1 Å². The van der Waals surface area contributed by atoms with Crippen LogP contribution in [0.5, 0.6) is 0 Å². The van der Waals surface area contributed by atoms with Gasteiger partial charge in [0.1, 0.15) is 5.82 Å². The third kappa shape index (κ3) is 5.26. The molecule has 0 aliphatic carbocycles. The van der Waals surface area contributed by atoms with Crippen LogP contribution in [0.4, 0.5) is 0 Å². The molecule has 2 heterocycles. The van der Waals surface area contributed by atoms with Crippen LogP contribution in [0, 0.1) is 6.92 Å². The van der Waals surface area contributed by atoms with Gasteiger partial charge in [0, 0.05) is 25.8 Å². The Morgan fingerprint density at radius 2 is 2.12 bits per heavy atom. The van der Waals surface area contributed by atoms with E-state index in [1.807, 2.05) is 22.8 Å². The molecule has 1 N–H and O–H groups in total. The number of guanidine groups is 1. The Kier molecular flexibility index (Phi) is 7.58. The van der Waals surface area contributed by atoms with Crippen molar-refractivity contribution in [1.29, 1.82) is 0 Å². The summed E-state index contributed by atoms with van der Waals surface area (Å²) in [6.07, 6.45) is 1.75. The van der Waals surface area contributed by atoms with E-state index in [9.17, 15) is 4.79 Å². The van der Waals surface area contributed by atoms with Gasteiger partial charge in [0.25, 0.3) is 0 Å². The molecule has 25 heavy (non-hydrogen) atoms. The van der Waals surface area contributed by atoms with Gasteiger partial charge in [-0.3, -0.25) is 9.79 Å². The largest absolute Gasteiger partial charge is 0.351 e. The zero-order chi connectivity index (χ0) is 17.9. The van der Waals surface area contributed by atoms with Gasteiger partial charge in [-0.15, -0.1) is 24.0 Å². The summed E-state index contributed by atoms with van der Waals surface area (Å²) in [4.78, 5) is 29.4. The second-order valence-electron chi connectivity index (χ2n) is 7.02. The Labute approximate surface area is 167 Å². The molecule has 2 rings (SSSR count). The second kappa shape index (κ2) is 8.77. The molecule has 1 amide bonds. The Morgan fingerprint density at radius 3 is 2.64 bits per heavy atom. The third-order valence-corrected chi connectivity index (χ3v) is 4.11. The zero-order valence-corrected chi connectivity index (χ0v) is 18.2. The van der Waals surface area contributed by atoms with Crippen molar-refractivity contribution < 1.29 is 4.79 Å². The molecule has 1 aromatic heterocycles. The summed E-state index contributed by atoms with van der Waals surface area (Å²) in [5, 5.41) is 3.30. The Bertz CT molecular complexity index is 631. The maximum absolute atomic E-state index is 12.6. The molecule has 0 spiro atoms. The highest BCUT2D eigenvalue weighted by molar-refractivity contribution is 14.0. The fraction of sp³-hybridized carbons (Fsp3) is 0.647. The molecule has 1 aliphatic heterocycles. The van der Waals surface area contributed by atoms with Crippen LogP contribution < -0.4 is 5.32 Å². The molecular formula is C17H29IN6O. The van der Waals surface area contributed by atoms with Gasteiger partial charge < -0.3 is 15.1 Å². The van der Waals surface area contributed by atoms with Crippen LogP contribution in [0.3, 0.4) is 0 Å². The van der Waals surface area contributed by atoms with Crippen molar-refractivity contribution in [3.63, 3.8) is 0 Å². The van der Waals surface area contributed by atoms with Crippen LogP contribution in [0.25, 0.3) is 0 Å². The fourth-order valence-corrected chi connectivity index (χ4v) is 3.42. The summed E-state index contributed by atoms with van der Waals surface area (Å²) in [5.74, 6) is 1.59. The monoisotopic (exact) mass is 460 g/mol. The molecule has 1 aromatic rings. The van der Waals surface area contributed by atoms with E-state index in [1.165, 1.54) is 0 Å². The quantitative estimate of drug-likeness (QED) is 0.423. The molecule has 0 unspecified atom stereocenters. The van der Waals surface area contributed by atoms with Crippen LogP contribution in [-0.4, -0.2) is 63.4 Å². The average molecular weight is 460 g/mol. The number of hydrogen-bond acceptors (Lipinski definition) is 4. The predicted octanol–water partition coefficient (Wildman–Crippen LogP) is 1.81. The van der Waals surface area contributed by atoms with Crippen molar-refractivity contribution in [3.05, 3.63) is 23.8 Å². The van der Waals surface area contributed by atoms with E-state index in [2.05, 4.69) is 48.0 Å². The van der Waals surface area contributed by atoms with E-state index in [1.54, 1.807) is 13.2 Å². The van der Waals surface area contributed by atoms with Crippen LogP contribution in [0.15, 0.2) is 17.3 Å². The molecule has 1 saturated heterocycles. The van der Waals surface area contributed by atoms with Gasteiger partial charge in [-0.25, -0.2) is 9.97 Å². The van der Waals surface area contributed by atoms with E-state index in [0.29, 0.717) is 13.1 Å². The van der Waals surface area contributed by atoms with Gasteiger partial charge in [-0.1, -0.05) is 0 Å². The van der Waals surface area contributed by atoms with E-state index >= 15 is 0 Å². The summed E-state index contributed by atoms with van der Waals surface area (Å²) >= 11 is 0. The Hall–Kier alpha value is -1.45. The Morgan fingerprint density at radius 1 is 1.44 bits per heavy atom. The van der Waals surface area contributed by atoms with Crippen molar-refractivity contribution in [2.24, 2.45) is 4.99 Å². The Balaban J connectivity index is 0.00000312. The van der Waals surface area contributed by atoms with E-state index in [0.717, 1.165) is 24.0 Å². The molecule has 0 aromatic carbocycles. The van der Waals surface area contributed by atoms with E-state index in [-0.39, 0.29) is 41.5 Å². The van der Waals surface area contributed by atoms with Gasteiger partial charge in [0.2, 0.25) is 5.91 Å². The minimum absolute atomic E-state index is 0. The topological polar surface area (TPSA) is 73.7 Å². The molecule has 0 atom stereocenters. The minimum Gasteiger partial charge on any atom is -0.351 e. The van der Waals surface area contributed by atoms with E-state index in [4.69, 9.17) is 0 Å². The highest BCUT2D eigenvalue weighted by Gasteiger charge is 2.40. The van der Waals surface area contributed by atoms with E-state index < -0.39 is 0 Å². The zero-order valence-electron chi connectivity index (χ0n) is 15.9. The molecule has 1 aliphatic rings. The van der Waals surface area contributed by atoms with Gasteiger partial charge in [0.15, 0.2) is 5.96 Å². The van der Waals surface area contributed by atoms with Crippen LogP contribution in [-0.2, 0) is 11.3 Å². The molecule has 0 bridgehead atoms. The average Bonchev–Trinajstić information content (AvgIpc) is 2.45. The molecule has 8 heteroatoms. The maximum Gasteiger partial charge on any atom is 0.242 e. The van der Waals surface area contributed by atoms with Crippen molar-refractivity contribution in [1.82, 2.24) is 25.1 Å². The summed E-state index contributed by atoms with van der Waals surface area (Å²) in [7, 11) is 1.74. The first kappa shape index (κ1) is 21.6. The van der Waals surface area contributed by atoms with Crippen LogP contribution >= 0.6 is 24.0 Å². The van der Waals surface area contributed by atoms with Gasteiger partial charge >= 0.3 is 0 Å². The number of aromatic nitrogens is 2. The number of rotatable bonds is 3. The first-order valence-corrected chi connectivity index (χ1v) is 8.31. The smallest absolute Gasteiger partial charge is 0.242 e. The lowest BCUT2D eigenvalue weighted by Gasteiger charge is -2.49. The summed E-state index contributed by atoms with van der Waals surface area (Å²) in [6.45, 7) is 11.8. The molecule has 0 radical (unpaired) electrons. The fourth-order valence-electron chi connectivity index (χ4n) is 3.42. The minimum atomic E-state index is -0.243. The summed E-state index contributed by atoms with van der Waals surface area (Å²) < 4.78 is 0. The summed E-state index contributed by atoms with van der Waals surface area (Å²) in [6, 6.07) is 2.06. The number of nitrogens with one attached hydrogen (secondary N) is 1. The first-order valence-electron chi connectivity index (χ1n) is 8.31. The maximum atomic E-state index is 12.6. The number of carbonyl (C=O) groups excluding carboxylic acids is 1. The molecule has 140 valence electrons. The highest BCUT2D eigenvalue weighted by Crippen LogP contribution is 2.24. The highest BCUT2D eigenvalue weighted by atomic mass is 127. The molecule has 1 fully saturated rings. The second-order valence-corrected chi connectivity index (χ2v) is 7.02. The van der Waals surface area contributed by atoms with Crippen molar-refractivity contribution >= 4 is 35.8 Å². The van der Waals surface area contributed by atoms with Crippen molar-refractivity contribution in [3.8, 4) is 0 Å². The first-order chi connectivity index (χ1) is 11.2. The predicted molar refractivity (Wildman–Crippen MR) is 110 cm³/mol. The SMILES string of the molecule is CN=C(NCc1ccnc(C)n1)N1CC(=O)N(C(C)C)C(C)(C)C1.I. The number of hydrogen-bond donors (Lipinski definition) is 1. The lowest BCUT2D eigenvalue weighted by Crippen LogP contribution is -2.66. The molecule has 7 nitrogen and oxygen atoms in total. The standard InChI is InChI=1S/C17H28N6O.HI/c1-12(2)23-15(24)10-22(11-17(23,4)5)16(18-6)20-9-14-7-8-19-13(3)21-14;/h7-8,12H,9-11H2,1-6H3,(H,18,20);1H. The van der Waals surface area contributed by atoms with Crippen LogP contribution in [0.1, 0.15) is 39.2 Å². The molecule has 0 saturated carbocycles.